The molecule has 2 heterocycles. The van der Waals surface area contributed by atoms with Gasteiger partial charge in [-0.05, 0) is 36.4 Å². The van der Waals surface area contributed by atoms with Crippen LogP contribution < -0.4 is 10.1 Å². The minimum atomic E-state index is -0.118. The molecule has 0 bridgehead atoms. The minimum absolute atomic E-state index is 0.118. The van der Waals surface area contributed by atoms with Crippen molar-refractivity contribution in [3.8, 4) is 17.2 Å². The Morgan fingerprint density at radius 3 is 2.89 bits per heavy atom. The molecule has 2 aromatic heterocycles. The third-order valence-corrected chi connectivity index (χ3v) is 5.94. The van der Waals surface area contributed by atoms with Gasteiger partial charge in [0.2, 0.25) is 5.91 Å². The van der Waals surface area contributed by atoms with Gasteiger partial charge >= 0.3 is 0 Å². The highest BCUT2D eigenvalue weighted by Gasteiger charge is 2.14. The van der Waals surface area contributed by atoms with E-state index in [0.717, 1.165) is 10.3 Å². The third kappa shape index (κ3) is 4.16. The highest BCUT2D eigenvalue weighted by atomic mass is 35.5. The predicted molar refractivity (Wildman–Crippen MR) is 115 cm³/mol. The molecule has 1 N–H and O–H groups in total. The van der Waals surface area contributed by atoms with Crippen LogP contribution in [-0.4, -0.2) is 23.8 Å². The quantitative estimate of drug-likeness (QED) is 0.383. The topological polar surface area (TPSA) is 64.4 Å². The second-order valence-corrected chi connectivity index (χ2v) is 8.16. The molecule has 0 unspecified atom stereocenters. The summed E-state index contributed by atoms with van der Waals surface area (Å²) in [7, 11) is 1.61. The molecule has 0 spiro atoms. The lowest BCUT2D eigenvalue weighted by molar-refractivity contribution is -0.113. The number of benzene rings is 2. The van der Waals surface area contributed by atoms with Crippen LogP contribution in [0.15, 0.2) is 63.2 Å². The Hall–Kier alpha value is -2.48. The number of aromatic nitrogens is 1. The lowest BCUT2D eigenvalue weighted by atomic mass is 10.2. The second kappa shape index (κ2) is 8.26. The summed E-state index contributed by atoms with van der Waals surface area (Å²) < 4.78 is 11.2. The van der Waals surface area contributed by atoms with Crippen molar-refractivity contribution < 1.29 is 13.9 Å². The molecule has 0 radical (unpaired) electrons. The largest absolute Gasteiger partial charge is 0.493 e. The molecule has 0 aliphatic heterocycles. The van der Waals surface area contributed by atoms with Gasteiger partial charge in [0, 0.05) is 20.7 Å². The van der Waals surface area contributed by atoms with Crippen molar-refractivity contribution in [3.63, 3.8) is 0 Å². The van der Waals surface area contributed by atoms with Gasteiger partial charge in [-0.15, -0.1) is 23.1 Å². The Bertz CT molecular complexity index is 1120. The zero-order chi connectivity index (χ0) is 19.5. The molecule has 1 amide bonds. The summed E-state index contributed by atoms with van der Waals surface area (Å²) in [6, 6.07) is 15.0. The normalized spacial score (nSPS) is 10.9. The maximum absolute atomic E-state index is 12.2. The number of furan rings is 1. The van der Waals surface area contributed by atoms with Crippen LogP contribution in [0.25, 0.3) is 22.4 Å². The van der Waals surface area contributed by atoms with Crippen LogP contribution in [0.4, 0.5) is 5.13 Å². The number of hydrogen-bond donors (Lipinski definition) is 1. The molecule has 2 aromatic carbocycles. The Morgan fingerprint density at radius 2 is 2.11 bits per heavy atom. The minimum Gasteiger partial charge on any atom is -0.493 e. The average molecular weight is 431 g/mol. The van der Waals surface area contributed by atoms with Crippen LogP contribution in [-0.2, 0) is 4.79 Å². The van der Waals surface area contributed by atoms with Gasteiger partial charge in [-0.3, -0.25) is 4.79 Å². The van der Waals surface area contributed by atoms with E-state index in [0.29, 0.717) is 38.7 Å². The number of fused-ring (bicyclic) bond motifs is 1. The fourth-order valence-electron chi connectivity index (χ4n) is 2.60. The fourth-order valence-corrected chi connectivity index (χ4v) is 4.14. The molecular formula is C20H15ClN2O3S2. The molecular weight excluding hydrogens is 416 g/mol. The van der Waals surface area contributed by atoms with Crippen molar-refractivity contribution >= 4 is 56.7 Å². The highest BCUT2D eigenvalue weighted by Crippen LogP contribution is 2.34. The number of para-hydroxylation sites is 1. The van der Waals surface area contributed by atoms with Gasteiger partial charge in [0.15, 0.2) is 22.2 Å². The van der Waals surface area contributed by atoms with E-state index in [2.05, 4.69) is 10.3 Å². The van der Waals surface area contributed by atoms with Gasteiger partial charge in [-0.1, -0.05) is 23.7 Å². The second-order valence-electron chi connectivity index (χ2n) is 5.82. The van der Waals surface area contributed by atoms with E-state index < -0.39 is 0 Å². The van der Waals surface area contributed by atoms with Crippen molar-refractivity contribution in [2.45, 2.75) is 4.90 Å². The van der Waals surface area contributed by atoms with Crippen molar-refractivity contribution in [2.24, 2.45) is 0 Å². The molecule has 5 nitrogen and oxygen atoms in total. The van der Waals surface area contributed by atoms with Gasteiger partial charge < -0.3 is 14.5 Å². The number of methoxy groups -OCH3 is 1. The number of nitrogens with zero attached hydrogens (tertiary/aromatic N) is 1. The number of carbonyl (C=O) groups excluding carboxylic acids is 1. The Morgan fingerprint density at radius 1 is 1.29 bits per heavy atom. The number of ether oxygens (including phenoxy) is 1. The number of amides is 1. The Kier molecular flexibility index (Phi) is 5.57. The van der Waals surface area contributed by atoms with E-state index in [9.17, 15) is 4.79 Å². The van der Waals surface area contributed by atoms with Crippen LogP contribution in [0.2, 0.25) is 5.02 Å². The monoisotopic (exact) mass is 430 g/mol. The number of hydrogen-bond acceptors (Lipinski definition) is 6. The predicted octanol–water partition coefficient (Wildman–Crippen LogP) is 5.95. The number of halogens is 1. The first-order chi connectivity index (χ1) is 13.6. The van der Waals surface area contributed by atoms with Gasteiger partial charge in [0.1, 0.15) is 5.69 Å². The van der Waals surface area contributed by atoms with Crippen molar-refractivity contribution in [2.75, 3.05) is 18.2 Å². The summed E-state index contributed by atoms with van der Waals surface area (Å²) >= 11 is 8.66. The van der Waals surface area contributed by atoms with E-state index in [1.54, 1.807) is 19.2 Å². The van der Waals surface area contributed by atoms with Crippen molar-refractivity contribution in [3.05, 3.63) is 58.9 Å². The first kappa shape index (κ1) is 18.9. The molecule has 0 saturated heterocycles. The van der Waals surface area contributed by atoms with Crippen LogP contribution in [0, 0.1) is 0 Å². The van der Waals surface area contributed by atoms with Crippen molar-refractivity contribution in [1.29, 1.82) is 0 Å². The van der Waals surface area contributed by atoms with Crippen molar-refractivity contribution in [1.82, 2.24) is 4.98 Å². The first-order valence-electron chi connectivity index (χ1n) is 8.33. The van der Waals surface area contributed by atoms with Gasteiger partial charge in [0.25, 0.3) is 0 Å². The summed E-state index contributed by atoms with van der Waals surface area (Å²) in [6.07, 6.45) is 0. The molecule has 0 saturated carbocycles. The van der Waals surface area contributed by atoms with Crippen LogP contribution in [0.3, 0.4) is 0 Å². The zero-order valence-corrected chi connectivity index (χ0v) is 17.2. The SMILES string of the molecule is COc1cccc2cc(-c3csc(NC(=O)CSc4ccc(Cl)cc4)n3)oc12. The summed E-state index contributed by atoms with van der Waals surface area (Å²) in [6.45, 7) is 0. The summed E-state index contributed by atoms with van der Waals surface area (Å²) in [4.78, 5) is 17.6. The number of anilines is 1. The Balaban J connectivity index is 1.42. The maximum atomic E-state index is 12.2. The van der Waals surface area contributed by atoms with Crippen LogP contribution in [0.1, 0.15) is 0 Å². The maximum Gasteiger partial charge on any atom is 0.236 e. The third-order valence-electron chi connectivity index (χ3n) is 3.91. The van der Waals surface area contributed by atoms with E-state index >= 15 is 0 Å². The number of thiazole rings is 1. The number of rotatable bonds is 6. The summed E-state index contributed by atoms with van der Waals surface area (Å²) in [5.41, 5.74) is 1.35. The zero-order valence-electron chi connectivity index (χ0n) is 14.8. The standard InChI is InChI=1S/C20H15ClN2O3S2/c1-25-16-4-2-3-12-9-17(26-19(12)16)15-10-28-20(22-15)23-18(24)11-27-14-7-5-13(21)6-8-14/h2-10H,11H2,1H3,(H,22,23,24). The van der Waals surface area contributed by atoms with E-state index in [-0.39, 0.29) is 5.91 Å². The summed E-state index contributed by atoms with van der Waals surface area (Å²) in [5, 5.41) is 6.82. The Labute approximate surface area is 174 Å². The molecule has 4 aromatic rings. The molecule has 0 aliphatic carbocycles. The van der Waals surface area contributed by atoms with E-state index in [4.69, 9.17) is 20.8 Å². The molecule has 0 fully saturated rings. The molecule has 28 heavy (non-hydrogen) atoms. The average Bonchev–Trinajstić information content (AvgIpc) is 3.34. The molecule has 4 rings (SSSR count). The fraction of sp³-hybridized carbons (Fsp3) is 0.100. The molecule has 0 atom stereocenters. The van der Waals surface area contributed by atoms with Crippen LogP contribution in [0.5, 0.6) is 5.75 Å². The molecule has 142 valence electrons. The number of nitrogens with one attached hydrogen (secondary N) is 1. The van der Waals surface area contributed by atoms with E-state index in [1.807, 2.05) is 41.8 Å². The van der Waals surface area contributed by atoms with Gasteiger partial charge in [-0.25, -0.2) is 4.98 Å². The van der Waals surface area contributed by atoms with Crippen LogP contribution >= 0.6 is 34.7 Å². The number of thioether (sulfide) groups is 1. The number of carbonyl (C=O) groups is 1. The highest BCUT2D eigenvalue weighted by molar-refractivity contribution is 8.00. The lowest BCUT2D eigenvalue weighted by Gasteiger charge is -2.02. The van der Waals surface area contributed by atoms with E-state index in [1.165, 1.54) is 23.1 Å². The smallest absolute Gasteiger partial charge is 0.236 e. The molecule has 0 aliphatic rings. The van der Waals surface area contributed by atoms with Gasteiger partial charge in [-0.2, -0.15) is 0 Å². The first-order valence-corrected chi connectivity index (χ1v) is 10.6. The van der Waals surface area contributed by atoms with Gasteiger partial charge in [0.05, 0.1) is 12.9 Å². The summed E-state index contributed by atoms with van der Waals surface area (Å²) in [5.74, 6) is 1.48. The lowest BCUT2D eigenvalue weighted by Crippen LogP contribution is -2.13. The molecule has 8 heteroatoms.